The molecule has 1 unspecified atom stereocenters. The van der Waals surface area contributed by atoms with Crippen LogP contribution in [0.15, 0.2) is 59.7 Å². The van der Waals surface area contributed by atoms with Gasteiger partial charge in [-0.2, -0.15) is 0 Å². The Kier molecular flexibility index (Phi) is 2.69. The van der Waals surface area contributed by atoms with Gasteiger partial charge in [0.25, 0.3) is 0 Å². The summed E-state index contributed by atoms with van der Waals surface area (Å²) in [5.74, 6) is 0. The van der Waals surface area contributed by atoms with E-state index in [-0.39, 0.29) is 6.04 Å². The van der Waals surface area contributed by atoms with E-state index >= 15 is 0 Å². The summed E-state index contributed by atoms with van der Waals surface area (Å²) in [5.41, 5.74) is 11.7. The van der Waals surface area contributed by atoms with E-state index in [9.17, 15) is 0 Å². The SMILES string of the molecule is NC1CC=C(c2ccccc2)C2=C1C=CCC2. The molecule has 0 spiro atoms. The van der Waals surface area contributed by atoms with Crippen molar-refractivity contribution in [3.63, 3.8) is 0 Å². The van der Waals surface area contributed by atoms with Crippen LogP contribution in [0, 0.1) is 0 Å². The largest absolute Gasteiger partial charge is 0.324 e. The summed E-state index contributed by atoms with van der Waals surface area (Å²) in [4.78, 5) is 0. The zero-order chi connectivity index (χ0) is 11.7. The Labute approximate surface area is 102 Å². The number of allylic oxidation sites excluding steroid dienone is 3. The van der Waals surface area contributed by atoms with Crippen molar-refractivity contribution in [2.45, 2.75) is 25.3 Å². The summed E-state index contributed by atoms with van der Waals surface area (Å²) >= 11 is 0. The number of nitrogens with two attached hydrogens (primary N) is 1. The Bertz CT molecular complexity index is 506. The number of hydrogen-bond donors (Lipinski definition) is 1. The van der Waals surface area contributed by atoms with Crippen LogP contribution in [-0.4, -0.2) is 6.04 Å². The standard InChI is InChI=1S/C16H17N/c17-16-11-10-13(12-6-2-1-3-7-12)14-8-4-5-9-15(14)16/h1-3,5-7,9-10,16H,4,8,11,17H2. The molecule has 86 valence electrons. The quantitative estimate of drug-likeness (QED) is 0.775. The third-order valence-corrected chi connectivity index (χ3v) is 3.59. The lowest BCUT2D eigenvalue weighted by molar-refractivity contribution is 0.763. The molecule has 1 nitrogen and oxygen atoms in total. The van der Waals surface area contributed by atoms with E-state index in [0.717, 1.165) is 19.3 Å². The van der Waals surface area contributed by atoms with Gasteiger partial charge in [0.2, 0.25) is 0 Å². The van der Waals surface area contributed by atoms with Crippen molar-refractivity contribution in [2.24, 2.45) is 5.73 Å². The van der Waals surface area contributed by atoms with E-state index in [2.05, 4.69) is 48.6 Å². The van der Waals surface area contributed by atoms with Crippen LogP contribution in [0.5, 0.6) is 0 Å². The Morgan fingerprint density at radius 2 is 1.94 bits per heavy atom. The van der Waals surface area contributed by atoms with Gasteiger partial charge in [0.15, 0.2) is 0 Å². The third kappa shape index (κ3) is 1.87. The van der Waals surface area contributed by atoms with Crippen LogP contribution in [0.1, 0.15) is 24.8 Å². The molecule has 0 fully saturated rings. The summed E-state index contributed by atoms with van der Waals surface area (Å²) in [6.45, 7) is 0. The average Bonchev–Trinajstić information content (AvgIpc) is 2.41. The first-order valence-corrected chi connectivity index (χ1v) is 6.27. The van der Waals surface area contributed by atoms with Gasteiger partial charge in [-0.3, -0.25) is 0 Å². The smallest absolute Gasteiger partial charge is 0.0332 e. The van der Waals surface area contributed by atoms with Gasteiger partial charge < -0.3 is 5.73 Å². The van der Waals surface area contributed by atoms with Gasteiger partial charge in [-0.25, -0.2) is 0 Å². The Hall–Kier alpha value is -1.60. The molecule has 1 heteroatoms. The van der Waals surface area contributed by atoms with Crippen molar-refractivity contribution < 1.29 is 0 Å². The average molecular weight is 223 g/mol. The summed E-state index contributed by atoms with van der Waals surface area (Å²) in [5, 5.41) is 0. The minimum atomic E-state index is 0.189. The van der Waals surface area contributed by atoms with Gasteiger partial charge in [0, 0.05) is 6.04 Å². The highest BCUT2D eigenvalue weighted by molar-refractivity contribution is 5.82. The first-order chi connectivity index (χ1) is 8.36. The van der Waals surface area contributed by atoms with E-state index in [4.69, 9.17) is 5.73 Å². The molecule has 0 amide bonds. The van der Waals surface area contributed by atoms with Gasteiger partial charge in [0.1, 0.15) is 0 Å². The molecule has 0 bridgehead atoms. The van der Waals surface area contributed by atoms with Gasteiger partial charge in [-0.05, 0) is 41.5 Å². The molecule has 1 aromatic carbocycles. The molecule has 17 heavy (non-hydrogen) atoms. The highest BCUT2D eigenvalue weighted by Gasteiger charge is 2.22. The lowest BCUT2D eigenvalue weighted by Crippen LogP contribution is -2.26. The fraction of sp³-hybridized carbons (Fsp3) is 0.250. The van der Waals surface area contributed by atoms with E-state index in [0.29, 0.717) is 0 Å². The molecule has 0 heterocycles. The van der Waals surface area contributed by atoms with Crippen molar-refractivity contribution in [3.05, 3.63) is 65.3 Å². The van der Waals surface area contributed by atoms with Crippen LogP contribution in [0.2, 0.25) is 0 Å². The maximum atomic E-state index is 6.18. The van der Waals surface area contributed by atoms with Gasteiger partial charge in [-0.15, -0.1) is 0 Å². The molecule has 0 saturated carbocycles. The fourth-order valence-electron chi connectivity index (χ4n) is 2.73. The van der Waals surface area contributed by atoms with Crippen LogP contribution in [0.3, 0.4) is 0 Å². The molecule has 2 aliphatic rings. The molecule has 3 rings (SSSR count). The maximum absolute atomic E-state index is 6.18. The molecule has 1 aromatic rings. The van der Waals surface area contributed by atoms with Crippen LogP contribution in [0.25, 0.3) is 5.57 Å². The Balaban J connectivity index is 2.07. The van der Waals surface area contributed by atoms with Crippen molar-refractivity contribution in [2.75, 3.05) is 0 Å². The van der Waals surface area contributed by atoms with Crippen molar-refractivity contribution in [1.82, 2.24) is 0 Å². The first kappa shape index (κ1) is 10.5. The molecular weight excluding hydrogens is 206 g/mol. The highest BCUT2D eigenvalue weighted by Crippen LogP contribution is 2.37. The lowest BCUT2D eigenvalue weighted by atomic mass is 9.80. The van der Waals surface area contributed by atoms with Gasteiger partial charge >= 0.3 is 0 Å². The summed E-state index contributed by atoms with van der Waals surface area (Å²) in [7, 11) is 0. The molecule has 0 saturated heterocycles. The van der Waals surface area contributed by atoms with Crippen LogP contribution in [-0.2, 0) is 0 Å². The molecule has 2 aliphatic carbocycles. The molecule has 0 aromatic heterocycles. The number of benzene rings is 1. The zero-order valence-corrected chi connectivity index (χ0v) is 9.89. The Morgan fingerprint density at radius 3 is 2.76 bits per heavy atom. The first-order valence-electron chi connectivity index (χ1n) is 6.27. The van der Waals surface area contributed by atoms with Crippen LogP contribution < -0.4 is 5.73 Å². The molecule has 1 atom stereocenters. The summed E-state index contributed by atoms with van der Waals surface area (Å²) < 4.78 is 0. The fourth-order valence-corrected chi connectivity index (χ4v) is 2.73. The van der Waals surface area contributed by atoms with E-state index in [1.807, 2.05) is 0 Å². The van der Waals surface area contributed by atoms with E-state index in [1.165, 1.54) is 22.3 Å². The topological polar surface area (TPSA) is 26.0 Å². The molecule has 0 aliphatic heterocycles. The van der Waals surface area contributed by atoms with Crippen LogP contribution >= 0.6 is 0 Å². The minimum absolute atomic E-state index is 0.189. The normalized spacial score (nSPS) is 23.4. The van der Waals surface area contributed by atoms with E-state index in [1.54, 1.807) is 0 Å². The molecule has 2 N–H and O–H groups in total. The predicted molar refractivity (Wildman–Crippen MR) is 72.4 cm³/mol. The number of rotatable bonds is 1. The molecule has 0 radical (unpaired) electrons. The van der Waals surface area contributed by atoms with Crippen molar-refractivity contribution >= 4 is 5.57 Å². The minimum Gasteiger partial charge on any atom is -0.324 e. The van der Waals surface area contributed by atoms with E-state index < -0.39 is 0 Å². The lowest BCUT2D eigenvalue weighted by Gasteiger charge is -2.27. The maximum Gasteiger partial charge on any atom is 0.0332 e. The summed E-state index contributed by atoms with van der Waals surface area (Å²) in [6, 6.07) is 10.8. The van der Waals surface area contributed by atoms with Gasteiger partial charge in [0.05, 0.1) is 0 Å². The van der Waals surface area contributed by atoms with Crippen molar-refractivity contribution in [3.8, 4) is 0 Å². The second-order valence-corrected chi connectivity index (χ2v) is 4.70. The predicted octanol–water partition coefficient (Wildman–Crippen LogP) is 3.45. The monoisotopic (exact) mass is 223 g/mol. The molecular formula is C16H17N. The summed E-state index contributed by atoms with van der Waals surface area (Å²) in [6.07, 6.45) is 9.98. The Morgan fingerprint density at radius 1 is 1.12 bits per heavy atom. The van der Waals surface area contributed by atoms with Gasteiger partial charge in [-0.1, -0.05) is 48.6 Å². The highest BCUT2D eigenvalue weighted by atomic mass is 14.6. The van der Waals surface area contributed by atoms with Crippen LogP contribution in [0.4, 0.5) is 0 Å². The second-order valence-electron chi connectivity index (χ2n) is 4.70. The number of hydrogen-bond acceptors (Lipinski definition) is 1. The second kappa shape index (κ2) is 4.34. The van der Waals surface area contributed by atoms with Crippen molar-refractivity contribution in [1.29, 1.82) is 0 Å². The third-order valence-electron chi connectivity index (χ3n) is 3.59. The zero-order valence-electron chi connectivity index (χ0n) is 9.89.